The Balaban J connectivity index is 2.26. The number of pyridine rings is 1. The van der Waals surface area contributed by atoms with E-state index in [-0.39, 0.29) is 18.1 Å². The quantitative estimate of drug-likeness (QED) is 0.748. The molecule has 0 saturated heterocycles. The summed E-state index contributed by atoms with van der Waals surface area (Å²) in [5.74, 6) is -1.37. The molecule has 7 heteroatoms. The van der Waals surface area contributed by atoms with E-state index in [1.165, 1.54) is 41.1 Å². The first-order chi connectivity index (χ1) is 11.9. The second-order valence-corrected chi connectivity index (χ2v) is 5.47. The van der Waals surface area contributed by atoms with Gasteiger partial charge in [0.15, 0.2) is 5.75 Å². The van der Waals surface area contributed by atoms with Gasteiger partial charge in [-0.3, -0.25) is 9.59 Å². The number of carbonyl (C=O) groups is 1. The highest BCUT2D eigenvalue weighted by molar-refractivity contribution is 5.69. The number of aromatic nitrogens is 1. The summed E-state index contributed by atoms with van der Waals surface area (Å²) in [4.78, 5) is 23.2. The van der Waals surface area contributed by atoms with E-state index in [9.17, 15) is 24.2 Å². The van der Waals surface area contributed by atoms with Crippen molar-refractivity contribution in [2.45, 2.75) is 32.4 Å². The molecule has 1 atom stereocenters. The number of aromatic hydroxyl groups is 1. The van der Waals surface area contributed by atoms with Gasteiger partial charge in [0.2, 0.25) is 5.43 Å². The second kappa shape index (κ2) is 8.43. The highest BCUT2D eigenvalue weighted by Gasteiger charge is 2.20. The molecule has 2 aromatic rings. The summed E-state index contributed by atoms with van der Waals surface area (Å²) in [5, 5.41) is 20.6. The van der Waals surface area contributed by atoms with Crippen LogP contribution in [0.3, 0.4) is 0 Å². The summed E-state index contributed by atoms with van der Waals surface area (Å²) in [7, 11) is 0. The second-order valence-electron chi connectivity index (χ2n) is 5.47. The van der Waals surface area contributed by atoms with Crippen LogP contribution < -0.4 is 5.43 Å². The Hall–Kier alpha value is -2.67. The Labute approximate surface area is 144 Å². The van der Waals surface area contributed by atoms with Gasteiger partial charge in [-0.2, -0.15) is 0 Å². The van der Waals surface area contributed by atoms with Crippen molar-refractivity contribution in [2.24, 2.45) is 0 Å². The maximum atomic E-state index is 13.1. The maximum absolute atomic E-state index is 13.1. The molecule has 0 aliphatic carbocycles. The number of halogens is 1. The van der Waals surface area contributed by atoms with Crippen LogP contribution in [0.2, 0.25) is 0 Å². The van der Waals surface area contributed by atoms with Gasteiger partial charge in [0.25, 0.3) is 0 Å². The van der Waals surface area contributed by atoms with Crippen molar-refractivity contribution in [2.75, 3.05) is 6.61 Å². The fraction of sp³-hybridized carbons (Fsp3) is 0.333. The number of aliphatic hydroxyl groups excluding tert-OH is 1. The molecule has 0 amide bonds. The lowest BCUT2D eigenvalue weighted by Crippen LogP contribution is -2.17. The van der Waals surface area contributed by atoms with Gasteiger partial charge < -0.3 is 19.5 Å². The van der Waals surface area contributed by atoms with E-state index in [1.54, 1.807) is 6.92 Å². The zero-order valence-corrected chi connectivity index (χ0v) is 13.8. The standard InChI is InChI=1S/C18H20FNO5/c1-2-25-15(22)4-3-10-20-11-9-14(21)18(24)16(20)17(23)12-5-7-13(19)8-6-12/h5-9,11,17,23-24H,2-4,10H2,1H3. The van der Waals surface area contributed by atoms with Gasteiger partial charge in [0.1, 0.15) is 11.9 Å². The molecule has 25 heavy (non-hydrogen) atoms. The van der Waals surface area contributed by atoms with Crippen LogP contribution in [-0.2, 0) is 16.1 Å². The van der Waals surface area contributed by atoms with Crippen LogP contribution in [0.4, 0.5) is 4.39 Å². The number of aryl methyl sites for hydroxylation is 1. The summed E-state index contributed by atoms with van der Waals surface area (Å²) in [5.41, 5.74) is -0.290. The van der Waals surface area contributed by atoms with E-state index < -0.39 is 23.1 Å². The largest absolute Gasteiger partial charge is 0.503 e. The van der Waals surface area contributed by atoms with Crippen LogP contribution in [0, 0.1) is 5.82 Å². The van der Waals surface area contributed by atoms with Gasteiger partial charge >= 0.3 is 5.97 Å². The van der Waals surface area contributed by atoms with E-state index in [2.05, 4.69) is 0 Å². The molecule has 1 aromatic carbocycles. The molecule has 1 aromatic heterocycles. The van der Waals surface area contributed by atoms with E-state index in [0.29, 0.717) is 25.1 Å². The molecule has 0 radical (unpaired) electrons. The SMILES string of the molecule is CCOC(=O)CCCn1ccc(=O)c(O)c1C(O)c1ccc(F)cc1. The number of nitrogens with zero attached hydrogens (tertiary/aromatic N) is 1. The van der Waals surface area contributed by atoms with Crippen molar-refractivity contribution in [1.29, 1.82) is 0 Å². The Morgan fingerprint density at radius 2 is 1.96 bits per heavy atom. The summed E-state index contributed by atoms with van der Waals surface area (Å²) in [6.45, 7) is 2.31. The van der Waals surface area contributed by atoms with Crippen molar-refractivity contribution in [3.63, 3.8) is 0 Å². The summed E-state index contributed by atoms with van der Waals surface area (Å²) < 4.78 is 19.4. The molecule has 0 bridgehead atoms. The first kappa shape index (κ1) is 18.7. The molecule has 0 aliphatic rings. The molecule has 2 N–H and O–H groups in total. The van der Waals surface area contributed by atoms with E-state index >= 15 is 0 Å². The van der Waals surface area contributed by atoms with Crippen LogP contribution in [0.1, 0.15) is 37.1 Å². The van der Waals surface area contributed by atoms with Gasteiger partial charge in [-0.25, -0.2) is 4.39 Å². The molecule has 6 nitrogen and oxygen atoms in total. The molecule has 134 valence electrons. The Morgan fingerprint density at radius 1 is 1.28 bits per heavy atom. The minimum Gasteiger partial charge on any atom is -0.503 e. The molecule has 0 spiro atoms. The number of hydrogen-bond acceptors (Lipinski definition) is 5. The third-order valence-corrected chi connectivity index (χ3v) is 3.72. The smallest absolute Gasteiger partial charge is 0.305 e. The minimum absolute atomic E-state index is 0.00275. The monoisotopic (exact) mass is 349 g/mol. The van der Waals surface area contributed by atoms with Crippen molar-refractivity contribution in [3.8, 4) is 5.75 Å². The number of benzene rings is 1. The Bertz CT molecular complexity index is 785. The first-order valence-corrected chi connectivity index (χ1v) is 7.95. The number of hydrogen-bond donors (Lipinski definition) is 2. The van der Waals surface area contributed by atoms with E-state index in [0.717, 1.165) is 0 Å². The number of rotatable bonds is 7. The molecular weight excluding hydrogens is 329 g/mol. The zero-order valence-electron chi connectivity index (χ0n) is 13.8. The van der Waals surface area contributed by atoms with E-state index in [4.69, 9.17) is 4.74 Å². The average molecular weight is 349 g/mol. The van der Waals surface area contributed by atoms with Crippen molar-refractivity contribution in [3.05, 3.63) is 63.8 Å². The molecule has 1 heterocycles. The van der Waals surface area contributed by atoms with Crippen molar-refractivity contribution < 1.29 is 24.1 Å². The van der Waals surface area contributed by atoms with Crippen LogP contribution in [0.15, 0.2) is 41.3 Å². The molecule has 2 rings (SSSR count). The van der Waals surface area contributed by atoms with Crippen LogP contribution in [0.5, 0.6) is 5.75 Å². The maximum Gasteiger partial charge on any atom is 0.305 e. The molecular formula is C18H20FNO5. The van der Waals surface area contributed by atoms with Crippen LogP contribution in [0.25, 0.3) is 0 Å². The first-order valence-electron chi connectivity index (χ1n) is 7.95. The fourth-order valence-corrected chi connectivity index (χ4v) is 2.49. The van der Waals surface area contributed by atoms with Crippen LogP contribution >= 0.6 is 0 Å². The molecule has 1 unspecified atom stereocenters. The van der Waals surface area contributed by atoms with Gasteiger partial charge in [-0.15, -0.1) is 0 Å². The highest BCUT2D eigenvalue weighted by atomic mass is 19.1. The molecule has 0 fully saturated rings. The van der Waals surface area contributed by atoms with Gasteiger partial charge in [0.05, 0.1) is 12.3 Å². The highest BCUT2D eigenvalue weighted by Crippen LogP contribution is 2.27. The number of aliphatic hydroxyl groups is 1. The van der Waals surface area contributed by atoms with E-state index in [1.807, 2.05) is 0 Å². The van der Waals surface area contributed by atoms with Gasteiger partial charge in [0, 0.05) is 25.2 Å². The number of esters is 1. The fourth-order valence-electron chi connectivity index (χ4n) is 2.49. The lowest BCUT2D eigenvalue weighted by Gasteiger charge is -2.19. The summed E-state index contributed by atoms with van der Waals surface area (Å²) in [6, 6.07) is 6.30. The number of ether oxygens (including phenoxy) is 1. The Morgan fingerprint density at radius 3 is 2.60 bits per heavy atom. The minimum atomic E-state index is -1.31. The Kier molecular flexibility index (Phi) is 6.30. The van der Waals surface area contributed by atoms with Gasteiger partial charge in [-0.05, 0) is 31.0 Å². The molecule has 0 saturated carbocycles. The predicted molar refractivity (Wildman–Crippen MR) is 88.7 cm³/mol. The third kappa shape index (κ3) is 4.67. The van der Waals surface area contributed by atoms with Crippen molar-refractivity contribution in [1.82, 2.24) is 4.57 Å². The topological polar surface area (TPSA) is 88.8 Å². The predicted octanol–water partition coefficient (Wildman–Crippen LogP) is 2.12. The summed E-state index contributed by atoms with van der Waals surface area (Å²) in [6.07, 6.45) is 0.712. The zero-order chi connectivity index (χ0) is 18.4. The normalized spacial score (nSPS) is 12.0. The number of carbonyl (C=O) groups excluding carboxylic acids is 1. The van der Waals surface area contributed by atoms with Crippen molar-refractivity contribution >= 4 is 5.97 Å². The third-order valence-electron chi connectivity index (χ3n) is 3.72. The lowest BCUT2D eigenvalue weighted by molar-refractivity contribution is -0.143. The van der Waals surface area contributed by atoms with Gasteiger partial charge in [-0.1, -0.05) is 12.1 Å². The van der Waals surface area contributed by atoms with Crippen LogP contribution in [-0.4, -0.2) is 27.4 Å². The molecule has 0 aliphatic heterocycles. The lowest BCUT2D eigenvalue weighted by atomic mass is 10.0. The summed E-state index contributed by atoms with van der Waals surface area (Å²) >= 11 is 0. The average Bonchev–Trinajstić information content (AvgIpc) is 2.58.